The maximum atomic E-state index is 3.81. The molecule has 3 unspecified atom stereocenters. The molecule has 0 heterocycles. The molecule has 2 heteroatoms. The fourth-order valence-corrected chi connectivity index (χ4v) is 3.81. The largest absolute Gasteiger partial charge is 0.311 e. The molecule has 0 spiro atoms. The van der Waals surface area contributed by atoms with Crippen LogP contribution >= 0.6 is 11.8 Å². The highest BCUT2D eigenvalue weighted by molar-refractivity contribution is 7.99. The van der Waals surface area contributed by atoms with E-state index in [1.165, 1.54) is 50.7 Å². The van der Waals surface area contributed by atoms with Gasteiger partial charge in [-0.2, -0.15) is 11.8 Å². The Hall–Kier alpha value is 0.310. The summed E-state index contributed by atoms with van der Waals surface area (Å²) in [5.41, 5.74) is 0. The van der Waals surface area contributed by atoms with Gasteiger partial charge in [-0.05, 0) is 38.4 Å². The highest BCUT2D eigenvalue weighted by Crippen LogP contribution is 2.30. The quantitative estimate of drug-likeness (QED) is 0.641. The first-order chi connectivity index (χ1) is 7.76. The van der Waals surface area contributed by atoms with Gasteiger partial charge in [0.2, 0.25) is 0 Å². The van der Waals surface area contributed by atoms with Gasteiger partial charge in [-0.1, -0.05) is 33.1 Å². The van der Waals surface area contributed by atoms with E-state index in [0.29, 0.717) is 0 Å². The zero-order valence-corrected chi connectivity index (χ0v) is 12.1. The van der Waals surface area contributed by atoms with Crippen LogP contribution in [0.4, 0.5) is 0 Å². The molecule has 0 amide bonds. The fraction of sp³-hybridized carbons (Fsp3) is 1.00. The minimum absolute atomic E-state index is 0.724. The van der Waals surface area contributed by atoms with Crippen molar-refractivity contribution >= 4 is 11.8 Å². The second-order valence-electron chi connectivity index (χ2n) is 5.15. The molecule has 1 aliphatic rings. The third-order valence-electron chi connectivity index (χ3n) is 3.55. The van der Waals surface area contributed by atoms with Gasteiger partial charge >= 0.3 is 0 Å². The summed E-state index contributed by atoms with van der Waals surface area (Å²) in [4.78, 5) is 0. The van der Waals surface area contributed by atoms with Crippen molar-refractivity contribution in [3.05, 3.63) is 0 Å². The summed E-state index contributed by atoms with van der Waals surface area (Å²) in [6, 6.07) is 1.53. The van der Waals surface area contributed by atoms with Crippen LogP contribution in [-0.4, -0.2) is 23.1 Å². The molecular formula is C14H29NS. The van der Waals surface area contributed by atoms with Crippen molar-refractivity contribution in [3.8, 4) is 0 Å². The molecule has 1 fully saturated rings. The Bertz CT molecular complexity index is 172. The Labute approximate surface area is 106 Å². The van der Waals surface area contributed by atoms with E-state index in [2.05, 4.69) is 37.8 Å². The third kappa shape index (κ3) is 5.58. The van der Waals surface area contributed by atoms with E-state index >= 15 is 0 Å². The predicted molar refractivity (Wildman–Crippen MR) is 76.3 cm³/mol. The lowest BCUT2D eigenvalue weighted by Gasteiger charge is -2.19. The van der Waals surface area contributed by atoms with Crippen LogP contribution in [0.2, 0.25) is 0 Å². The summed E-state index contributed by atoms with van der Waals surface area (Å²) >= 11 is 2.15. The number of hydrogen-bond donors (Lipinski definition) is 1. The van der Waals surface area contributed by atoms with Crippen molar-refractivity contribution in [2.24, 2.45) is 0 Å². The molecule has 1 N–H and O–H groups in total. The smallest absolute Gasteiger partial charge is 0.00804 e. The standard InChI is InChI=1S/C14H29NS/c1-4-6-7-8-12(3)15-13-9-10-14(11-13)16-5-2/h12-15H,4-11H2,1-3H3. The zero-order valence-electron chi connectivity index (χ0n) is 11.3. The average Bonchev–Trinajstić information content (AvgIpc) is 2.66. The van der Waals surface area contributed by atoms with Gasteiger partial charge in [-0.15, -0.1) is 0 Å². The molecule has 16 heavy (non-hydrogen) atoms. The normalized spacial score (nSPS) is 27.2. The monoisotopic (exact) mass is 243 g/mol. The van der Waals surface area contributed by atoms with Crippen LogP contribution in [0.1, 0.15) is 65.7 Å². The van der Waals surface area contributed by atoms with Crippen LogP contribution in [0.3, 0.4) is 0 Å². The number of unbranched alkanes of at least 4 members (excludes halogenated alkanes) is 2. The van der Waals surface area contributed by atoms with Crippen LogP contribution in [0.25, 0.3) is 0 Å². The summed E-state index contributed by atoms with van der Waals surface area (Å²) in [5.74, 6) is 1.28. The van der Waals surface area contributed by atoms with E-state index in [1.807, 2.05) is 0 Å². The average molecular weight is 243 g/mol. The van der Waals surface area contributed by atoms with E-state index in [-0.39, 0.29) is 0 Å². The fourth-order valence-electron chi connectivity index (χ4n) is 2.66. The molecule has 96 valence electrons. The lowest BCUT2D eigenvalue weighted by atomic mass is 10.1. The van der Waals surface area contributed by atoms with E-state index in [9.17, 15) is 0 Å². The molecule has 0 aliphatic heterocycles. The van der Waals surface area contributed by atoms with Crippen molar-refractivity contribution in [1.29, 1.82) is 0 Å². The molecular weight excluding hydrogens is 214 g/mol. The van der Waals surface area contributed by atoms with Crippen molar-refractivity contribution < 1.29 is 0 Å². The van der Waals surface area contributed by atoms with Crippen molar-refractivity contribution in [2.75, 3.05) is 5.75 Å². The number of rotatable bonds is 8. The van der Waals surface area contributed by atoms with Crippen LogP contribution in [0.15, 0.2) is 0 Å². The van der Waals surface area contributed by atoms with E-state index < -0.39 is 0 Å². The summed E-state index contributed by atoms with van der Waals surface area (Å²) in [6.45, 7) is 6.91. The molecule has 0 bridgehead atoms. The highest BCUT2D eigenvalue weighted by atomic mass is 32.2. The first kappa shape index (κ1) is 14.4. The lowest BCUT2D eigenvalue weighted by Crippen LogP contribution is -2.34. The maximum Gasteiger partial charge on any atom is 0.00804 e. The molecule has 1 nitrogen and oxygen atoms in total. The van der Waals surface area contributed by atoms with Crippen LogP contribution in [0, 0.1) is 0 Å². The van der Waals surface area contributed by atoms with Gasteiger partial charge in [0.25, 0.3) is 0 Å². The molecule has 1 aliphatic carbocycles. The Balaban J connectivity index is 2.08. The first-order valence-corrected chi connectivity index (χ1v) is 8.18. The first-order valence-electron chi connectivity index (χ1n) is 7.13. The van der Waals surface area contributed by atoms with E-state index in [1.54, 1.807) is 0 Å². The highest BCUT2D eigenvalue weighted by Gasteiger charge is 2.24. The molecule has 0 aromatic heterocycles. The van der Waals surface area contributed by atoms with Crippen LogP contribution < -0.4 is 5.32 Å². The zero-order chi connectivity index (χ0) is 11.8. The third-order valence-corrected chi connectivity index (χ3v) is 4.78. The van der Waals surface area contributed by atoms with Crippen LogP contribution in [-0.2, 0) is 0 Å². The van der Waals surface area contributed by atoms with E-state index in [0.717, 1.165) is 17.3 Å². The molecule has 1 saturated carbocycles. The number of thioether (sulfide) groups is 1. The Morgan fingerprint density at radius 1 is 1.25 bits per heavy atom. The van der Waals surface area contributed by atoms with Crippen molar-refractivity contribution in [3.63, 3.8) is 0 Å². The molecule has 3 atom stereocenters. The summed E-state index contributed by atoms with van der Waals surface area (Å²) in [5, 5.41) is 4.75. The molecule has 0 aromatic rings. The minimum Gasteiger partial charge on any atom is -0.311 e. The predicted octanol–water partition coefficient (Wildman–Crippen LogP) is 4.22. The second-order valence-corrected chi connectivity index (χ2v) is 6.73. The van der Waals surface area contributed by atoms with Gasteiger partial charge < -0.3 is 5.32 Å². The minimum atomic E-state index is 0.724. The van der Waals surface area contributed by atoms with Crippen molar-refractivity contribution in [1.82, 2.24) is 5.32 Å². The van der Waals surface area contributed by atoms with E-state index in [4.69, 9.17) is 0 Å². The van der Waals surface area contributed by atoms with Crippen molar-refractivity contribution in [2.45, 2.75) is 83.1 Å². The van der Waals surface area contributed by atoms with Gasteiger partial charge in [-0.25, -0.2) is 0 Å². The second kappa shape index (κ2) is 8.41. The van der Waals surface area contributed by atoms with Gasteiger partial charge in [0.1, 0.15) is 0 Å². The summed E-state index contributed by atoms with van der Waals surface area (Å²) in [6.07, 6.45) is 9.71. The SMILES string of the molecule is CCCCCC(C)NC1CCC(SCC)C1. The molecule has 1 rings (SSSR count). The number of hydrogen-bond acceptors (Lipinski definition) is 2. The topological polar surface area (TPSA) is 12.0 Å². The van der Waals surface area contributed by atoms with Gasteiger partial charge in [0, 0.05) is 17.3 Å². The molecule has 0 saturated heterocycles. The van der Waals surface area contributed by atoms with Gasteiger partial charge in [0.15, 0.2) is 0 Å². The maximum absolute atomic E-state index is 3.81. The van der Waals surface area contributed by atoms with Crippen LogP contribution in [0.5, 0.6) is 0 Å². The summed E-state index contributed by atoms with van der Waals surface area (Å²) < 4.78 is 0. The Kier molecular flexibility index (Phi) is 7.55. The molecule has 0 radical (unpaired) electrons. The summed E-state index contributed by atoms with van der Waals surface area (Å²) in [7, 11) is 0. The Morgan fingerprint density at radius 2 is 2.06 bits per heavy atom. The molecule has 0 aromatic carbocycles. The number of nitrogens with one attached hydrogen (secondary N) is 1. The van der Waals surface area contributed by atoms with Gasteiger partial charge in [-0.3, -0.25) is 0 Å². The van der Waals surface area contributed by atoms with Gasteiger partial charge in [0.05, 0.1) is 0 Å². The lowest BCUT2D eigenvalue weighted by molar-refractivity contribution is 0.420. The Morgan fingerprint density at radius 3 is 2.75 bits per heavy atom.